The third-order valence-electron chi connectivity index (χ3n) is 3.79. The Morgan fingerprint density at radius 2 is 1.72 bits per heavy atom. The van der Waals surface area contributed by atoms with Gasteiger partial charge in [0.1, 0.15) is 5.60 Å². The van der Waals surface area contributed by atoms with Gasteiger partial charge in [0.15, 0.2) is 5.78 Å². The quantitative estimate of drug-likeness (QED) is 0.382. The molecule has 1 atom stereocenters. The van der Waals surface area contributed by atoms with Crippen molar-refractivity contribution in [2.75, 3.05) is 0 Å². The molecule has 6 nitrogen and oxygen atoms in total. The first kappa shape index (κ1) is 24.2. The Labute approximate surface area is 173 Å². The molecule has 1 amide bonds. The van der Waals surface area contributed by atoms with Crippen molar-refractivity contribution >= 4 is 17.8 Å². The van der Waals surface area contributed by atoms with Crippen LogP contribution in [-0.2, 0) is 25.5 Å². The highest BCUT2D eigenvalue weighted by Gasteiger charge is 2.25. The van der Waals surface area contributed by atoms with Crippen molar-refractivity contribution in [3.8, 4) is 0 Å². The summed E-state index contributed by atoms with van der Waals surface area (Å²) in [5.74, 6) is -0.757. The number of benzene rings is 1. The minimum Gasteiger partial charge on any atom is -0.459 e. The zero-order chi connectivity index (χ0) is 22.0. The zero-order valence-corrected chi connectivity index (χ0v) is 17.9. The predicted octanol–water partition coefficient (Wildman–Crippen LogP) is 4.13. The van der Waals surface area contributed by atoms with Gasteiger partial charge in [-0.05, 0) is 53.0 Å². The van der Waals surface area contributed by atoms with E-state index in [1.165, 1.54) is 0 Å². The molecule has 0 aliphatic carbocycles. The molecule has 1 aromatic rings. The minimum absolute atomic E-state index is 0.0400. The van der Waals surface area contributed by atoms with E-state index in [4.69, 9.17) is 9.47 Å². The van der Waals surface area contributed by atoms with E-state index in [2.05, 4.69) is 17.6 Å². The average molecular weight is 402 g/mol. The van der Waals surface area contributed by atoms with Crippen LogP contribution < -0.4 is 5.32 Å². The summed E-state index contributed by atoms with van der Waals surface area (Å²) in [6.45, 7) is 12.2. The van der Waals surface area contributed by atoms with Gasteiger partial charge in [-0.3, -0.25) is 4.79 Å². The Kier molecular flexibility index (Phi) is 9.36. The number of Topliss-reactive ketones (excluding diaryl/α,β-unsaturated/α-hetero) is 1. The summed E-state index contributed by atoms with van der Waals surface area (Å²) in [5, 5.41) is 2.65. The van der Waals surface area contributed by atoms with Crippen LogP contribution in [0, 0.1) is 0 Å². The van der Waals surface area contributed by atoms with E-state index in [1.54, 1.807) is 34.6 Å². The van der Waals surface area contributed by atoms with E-state index in [0.717, 1.165) is 5.56 Å². The highest BCUT2D eigenvalue weighted by atomic mass is 16.6. The Bertz CT molecular complexity index is 755. The molecule has 0 aromatic heterocycles. The van der Waals surface area contributed by atoms with Crippen LogP contribution in [0.1, 0.15) is 53.0 Å². The van der Waals surface area contributed by atoms with E-state index >= 15 is 0 Å². The van der Waals surface area contributed by atoms with Crippen LogP contribution in [0.2, 0.25) is 0 Å². The number of carbonyl (C=O) groups excluding carboxylic acids is 3. The molecule has 0 bridgehead atoms. The third-order valence-corrected chi connectivity index (χ3v) is 3.79. The number of ketones is 1. The molecule has 0 saturated carbocycles. The molecule has 0 radical (unpaired) electrons. The Balaban J connectivity index is 2.85. The molecule has 1 rings (SSSR count). The van der Waals surface area contributed by atoms with Crippen molar-refractivity contribution in [1.82, 2.24) is 5.32 Å². The van der Waals surface area contributed by atoms with Crippen molar-refractivity contribution in [2.45, 2.75) is 71.6 Å². The van der Waals surface area contributed by atoms with Crippen molar-refractivity contribution in [1.29, 1.82) is 0 Å². The van der Waals surface area contributed by atoms with Gasteiger partial charge in [0.25, 0.3) is 0 Å². The fourth-order valence-electron chi connectivity index (χ4n) is 2.52. The fraction of sp³-hybridized carbons (Fsp3) is 0.478. The number of nitrogens with one attached hydrogen (secondary N) is 1. The Morgan fingerprint density at radius 3 is 2.24 bits per heavy atom. The molecule has 1 aromatic carbocycles. The second-order valence-corrected chi connectivity index (χ2v) is 7.96. The molecule has 0 fully saturated rings. The number of alkyl carbamates (subject to hydrolysis) is 1. The molecule has 29 heavy (non-hydrogen) atoms. The molecule has 0 saturated heterocycles. The summed E-state index contributed by atoms with van der Waals surface area (Å²) >= 11 is 0. The maximum absolute atomic E-state index is 12.8. The lowest BCUT2D eigenvalue weighted by Crippen LogP contribution is -2.44. The van der Waals surface area contributed by atoms with Crippen LogP contribution >= 0.6 is 0 Å². The van der Waals surface area contributed by atoms with Gasteiger partial charge in [-0.15, -0.1) is 5.73 Å². The highest BCUT2D eigenvalue weighted by molar-refractivity contribution is 5.91. The summed E-state index contributed by atoms with van der Waals surface area (Å²) in [4.78, 5) is 37.1. The van der Waals surface area contributed by atoms with E-state index in [-0.39, 0.29) is 30.3 Å². The Morgan fingerprint density at radius 1 is 1.10 bits per heavy atom. The van der Waals surface area contributed by atoms with Crippen LogP contribution in [0.5, 0.6) is 0 Å². The maximum Gasteiger partial charge on any atom is 0.408 e. The molecular weight excluding hydrogens is 370 g/mol. The molecule has 158 valence electrons. The number of carbonyl (C=O) groups is 3. The summed E-state index contributed by atoms with van der Waals surface area (Å²) < 4.78 is 10.4. The van der Waals surface area contributed by atoms with Crippen LogP contribution in [0.3, 0.4) is 0 Å². The first-order chi connectivity index (χ1) is 13.5. The second-order valence-electron chi connectivity index (χ2n) is 7.96. The van der Waals surface area contributed by atoms with Crippen LogP contribution in [-0.4, -0.2) is 35.6 Å². The normalized spacial score (nSPS) is 11.9. The lowest BCUT2D eigenvalue weighted by Gasteiger charge is -2.23. The minimum atomic E-state index is -0.778. The molecule has 0 spiro atoms. The monoisotopic (exact) mass is 401 g/mol. The van der Waals surface area contributed by atoms with E-state index in [1.807, 2.05) is 30.3 Å². The maximum atomic E-state index is 12.8. The molecule has 0 heterocycles. The Hall–Kier alpha value is -2.85. The van der Waals surface area contributed by atoms with E-state index in [9.17, 15) is 14.4 Å². The van der Waals surface area contributed by atoms with E-state index in [0.29, 0.717) is 6.42 Å². The lowest BCUT2D eigenvalue weighted by atomic mass is 9.98. The van der Waals surface area contributed by atoms with Gasteiger partial charge in [-0.2, -0.15) is 0 Å². The van der Waals surface area contributed by atoms with Gasteiger partial charge in [-0.25, -0.2) is 9.59 Å². The molecule has 1 N–H and O–H groups in total. The highest BCUT2D eigenvalue weighted by Crippen LogP contribution is 2.13. The number of ether oxygens (including phenoxy) is 2. The standard InChI is InChI=1S/C23H31NO5/c1-7-18(21(26)28-16(2)3)13-14-20(25)19(15-17-11-9-8-10-12-17)24-22(27)29-23(4,5)6/h8-12,16,19H,1,13-15H2,2-6H3,(H,24,27)/t19-/m0/s1. The number of esters is 1. The van der Waals surface area contributed by atoms with Gasteiger partial charge in [-0.1, -0.05) is 36.9 Å². The summed E-state index contributed by atoms with van der Waals surface area (Å²) in [6.07, 6.45) is -0.442. The van der Waals surface area contributed by atoms with Crippen molar-refractivity contribution < 1.29 is 23.9 Å². The predicted molar refractivity (Wildman–Crippen MR) is 111 cm³/mol. The molecule has 6 heteroatoms. The molecule has 0 unspecified atom stereocenters. The van der Waals surface area contributed by atoms with E-state index < -0.39 is 23.7 Å². The van der Waals surface area contributed by atoms with Crippen LogP contribution in [0.4, 0.5) is 4.79 Å². The smallest absolute Gasteiger partial charge is 0.408 e. The van der Waals surface area contributed by atoms with Crippen LogP contribution in [0.25, 0.3) is 0 Å². The topological polar surface area (TPSA) is 81.7 Å². The zero-order valence-electron chi connectivity index (χ0n) is 17.9. The number of amides is 1. The molecule has 0 aliphatic heterocycles. The molecular formula is C23H31NO5. The summed E-state index contributed by atoms with van der Waals surface area (Å²) in [6, 6.07) is 8.59. The van der Waals surface area contributed by atoms with Gasteiger partial charge < -0.3 is 14.8 Å². The average Bonchev–Trinajstić information content (AvgIpc) is 2.60. The van der Waals surface area contributed by atoms with Crippen molar-refractivity contribution in [2.24, 2.45) is 0 Å². The number of hydrogen-bond acceptors (Lipinski definition) is 5. The summed E-state index contributed by atoms with van der Waals surface area (Å²) in [5.41, 5.74) is 2.99. The number of hydrogen-bond donors (Lipinski definition) is 1. The van der Waals surface area contributed by atoms with Gasteiger partial charge in [0.05, 0.1) is 17.7 Å². The van der Waals surface area contributed by atoms with Crippen molar-refractivity contribution in [3.05, 3.63) is 53.8 Å². The van der Waals surface area contributed by atoms with Gasteiger partial charge >= 0.3 is 12.1 Å². The number of rotatable bonds is 9. The van der Waals surface area contributed by atoms with Gasteiger partial charge in [0.2, 0.25) is 0 Å². The summed E-state index contributed by atoms with van der Waals surface area (Å²) in [7, 11) is 0. The van der Waals surface area contributed by atoms with Gasteiger partial charge in [0, 0.05) is 6.42 Å². The molecule has 0 aliphatic rings. The van der Waals surface area contributed by atoms with Crippen molar-refractivity contribution in [3.63, 3.8) is 0 Å². The first-order valence-electron chi connectivity index (χ1n) is 9.68. The SMILES string of the molecule is C=C=C(CCC(=O)[C@H](Cc1ccccc1)NC(=O)OC(C)(C)C)C(=O)OC(C)C. The second kappa shape index (κ2) is 11.2. The third kappa shape index (κ3) is 9.77. The van der Waals surface area contributed by atoms with Crippen LogP contribution in [0.15, 0.2) is 48.2 Å². The lowest BCUT2D eigenvalue weighted by molar-refractivity contribution is -0.142. The first-order valence-corrected chi connectivity index (χ1v) is 9.68. The largest absolute Gasteiger partial charge is 0.459 e. The fourth-order valence-corrected chi connectivity index (χ4v) is 2.52.